The van der Waals surface area contributed by atoms with Crippen molar-refractivity contribution in [1.82, 2.24) is 20.0 Å². The summed E-state index contributed by atoms with van der Waals surface area (Å²) in [7, 11) is 1.63. The van der Waals surface area contributed by atoms with Gasteiger partial charge in [-0.1, -0.05) is 19.3 Å². The number of carbonyl (C=O) groups excluding carboxylic acids is 2. The first kappa shape index (κ1) is 22.9. The van der Waals surface area contributed by atoms with Gasteiger partial charge in [0, 0.05) is 24.8 Å². The highest BCUT2D eigenvalue weighted by Gasteiger charge is 2.49. The number of ether oxygens (including phenoxy) is 2. The molecule has 2 aliphatic heterocycles. The second-order valence-electron chi connectivity index (χ2n) is 9.93. The van der Waals surface area contributed by atoms with Crippen molar-refractivity contribution in [3.05, 3.63) is 36.0 Å². The van der Waals surface area contributed by atoms with Gasteiger partial charge in [-0.05, 0) is 62.9 Å². The molecule has 3 aliphatic rings. The van der Waals surface area contributed by atoms with Gasteiger partial charge in [-0.15, -0.1) is 0 Å². The van der Waals surface area contributed by atoms with Crippen molar-refractivity contribution in [2.45, 2.75) is 76.1 Å². The summed E-state index contributed by atoms with van der Waals surface area (Å²) in [5.41, 5.74) is 1.08. The van der Waals surface area contributed by atoms with E-state index in [0.29, 0.717) is 31.1 Å². The third-order valence-electron chi connectivity index (χ3n) is 7.52. The van der Waals surface area contributed by atoms with Crippen molar-refractivity contribution in [2.75, 3.05) is 20.3 Å². The van der Waals surface area contributed by atoms with Crippen LogP contribution in [0.3, 0.4) is 0 Å². The van der Waals surface area contributed by atoms with Crippen LogP contribution in [0, 0.1) is 0 Å². The molecule has 3 heterocycles. The molecule has 0 bridgehead atoms. The number of rotatable bonds is 6. The van der Waals surface area contributed by atoms with Gasteiger partial charge in [0.2, 0.25) is 5.91 Å². The predicted octanol–water partition coefficient (Wildman–Crippen LogP) is 3.40. The van der Waals surface area contributed by atoms with Crippen molar-refractivity contribution in [2.24, 2.45) is 0 Å². The molecule has 5 rings (SSSR count). The zero-order chi connectivity index (χ0) is 23.7. The molecule has 2 aromatic rings. The number of amides is 2. The predicted molar refractivity (Wildman–Crippen MR) is 128 cm³/mol. The van der Waals surface area contributed by atoms with Crippen LogP contribution in [0.5, 0.6) is 5.75 Å². The molecule has 8 nitrogen and oxygen atoms in total. The lowest BCUT2D eigenvalue weighted by atomic mass is 9.91. The lowest BCUT2D eigenvalue weighted by Crippen LogP contribution is -2.66. The normalized spacial score (nSPS) is 25.3. The fourth-order valence-corrected chi connectivity index (χ4v) is 5.41. The highest BCUT2D eigenvalue weighted by molar-refractivity contribution is 6.00. The Labute approximate surface area is 200 Å². The number of hydrogen-bond acceptors (Lipinski definition) is 5. The van der Waals surface area contributed by atoms with Crippen molar-refractivity contribution < 1.29 is 19.1 Å². The topological polar surface area (TPSA) is 85.7 Å². The number of nitrogens with one attached hydrogen (secondary N) is 1. The van der Waals surface area contributed by atoms with E-state index in [9.17, 15) is 9.59 Å². The summed E-state index contributed by atoms with van der Waals surface area (Å²) in [5, 5.41) is 7.99. The van der Waals surface area contributed by atoms with Gasteiger partial charge in [0.05, 0.1) is 25.5 Å². The minimum Gasteiger partial charge on any atom is -0.497 e. The molecule has 1 saturated heterocycles. The molecule has 1 aromatic heterocycles. The number of nitrogens with zero attached hydrogens (tertiary/aromatic N) is 3. The summed E-state index contributed by atoms with van der Waals surface area (Å²) in [6, 6.07) is 9.60. The van der Waals surface area contributed by atoms with E-state index < -0.39 is 5.54 Å². The van der Waals surface area contributed by atoms with Crippen LogP contribution >= 0.6 is 0 Å². The van der Waals surface area contributed by atoms with E-state index in [1.165, 1.54) is 6.42 Å². The fraction of sp³-hybridized carbons (Fsp3) is 0.577. The van der Waals surface area contributed by atoms with E-state index in [0.717, 1.165) is 49.8 Å². The zero-order valence-electron chi connectivity index (χ0n) is 20.1. The number of aromatic nitrogens is 2. The molecule has 2 fully saturated rings. The maximum absolute atomic E-state index is 13.8. The first-order valence-electron chi connectivity index (χ1n) is 12.4. The van der Waals surface area contributed by atoms with Crippen molar-refractivity contribution >= 4 is 11.8 Å². The molecule has 1 aromatic carbocycles. The largest absolute Gasteiger partial charge is 0.497 e. The Morgan fingerprint density at radius 3 is 2.62 bits per heavy atom. The summed E-state index contributed by atoms with van der Waals surface area (Å²) in [6.45, 7) is 3.30. The lowest BCUT2D eigenvalue weighted by Gasteiger charge is -2.44. The zero-order valence-corrected chi connectivity index (χ0v) is 20.1. The summed E-state index contributed by atoms with van der Waals surface area (Å²) >= 11 is 0. The Morgan fingerprint density at radius 1 is 1.18 bits per heavy atom. The maximum Gasteiger partial charge on any atom is 0.273 e. The average Bonchev–Trinajstić information content (AvgIpc) is 3.52. The van der Waals surface area contributed by atoms with Crippen molar-refractivity contribution in [3.63, 3.8) is 0 Å². The van der Waals surface area contributed by atoms with Crippen molar-refractivity contribution in [3.8, 4) is 17.0 Å². The van der Waals surface area contributed by atoms with Gasteiger partial charge >= 0.3 is 0 Å². The summed E-state index contributed by atoms with van der Waals surface area (Å²) in [6.07, 6.45) is 7.33. The smallest absolute Gasteiger partial charge is 0.273 e. The quantitative estimate of drug-likeness (QED) is 0.705. The number of carbonyl (C=O) groups is 2. The minimum atomic E-state index is -1.03. The average molecular weight is 467 g/mol. The minimum absolute atomic E-state index is 0.0405. The first-order chi connectivity index (χ1) is 16.5. The van der Waals surface area contributed by atoms with E-state index in [1.807, 2.05) is 37.3 Å². The van der Waals surface area contributed by atoms with Crippen LogP contribution in [0.1, 0.15) is 62.4 Å². The standard InChI is InChI=1S/C26H34N4O4/c1-26(25(32)27-19-7-4-3-5-8-19)17-30-23(24(31)29(26)16-21-9-6-14-34-21)15-22(28-30)18-10-12-20(33-2)13-11-18/h10-13,15,19,21H,3-9,14,16-17H2,1-2H3,(H,27,32)/t21-,26-/m0/s1. The van der Waals surface area contributed by atoms with Crippen LogP contribution in [-0.2, 0) is 16.1 Å². The Balaban J connectivity index is 1.46. The van der Waals surface area contributed by atoms with Crippen LogP contribution in [0.25, 0.3) is 11.3 Å². The highest BCUT2D eigenvalue weighted by atomic mass is 16.5. The molecular weight excluding hydrogens is 432 g/mol. The molecule has 1 N–H and O–H groups in total. The number of benzene rings is 1. The van der Waals surface area contributed by atoms with E-state index in [1.54, 1.807) is 16.7 Å². The Hall–Kier alpha value is -2.87. The van der Waals surface area contributed by atoms with Crippen LogP contribution in [0.4, 0.5) is 0 Å². The van der Waals surface area contributed by atoms with Crippen LogP contribution in [0.2, 0.25) is 0 Å². The summed E-state index contributed by atoms with van der Waals surface area (Å²) in [4.78, 5) is 29.2. The van der Waals surface area contributed by atoms with Gasteiger partial charge in [-0.2, -0.15) is 5.10 Å². The van der Waals surface area contributed by atoms with Gasteiger partial charge in [0.15, 0.2) is 0 Å². The summed E-state index contributed by atoms with van der Waals surface area (Å²) < 4.78 is 12.8. The Bertz CT molecular complexity index is 1040. The van der Waals surface area contributed by atoms with Crippen LogP contribution < -0.4 is 10.1 Å². The van der Waals surface area contributed by atoms with Crippen LogP contribution in [0.15, 0.2) is 30.3 Å². The molecule has 34 heavy (non-hydrogen) atoms. The maximum atomic E-state index is 13.8. The van der Waals surface area contributed by atoms with Gasteiger partial charge in [-0.25, -0.2) is 0 Å². The van der Waals surface area contributed by atoms with E-state index in [2.05, 4.69) is 5.32 Å². The molecular formula is C26H34N4O4. The molecule has 0 radical (unpaired) electrons. The second kappa shape index (κ2) is 9.41. The van der Waals surface area contributed by atoms with Crippen molar-refractivity contribution in [1.29, 1.82) is 0 Å². The van der Waals surface area contributed by atoms with Gasteiger partial charge in [-0.3, -0.25) is 14.3 Å². The SMILES string of the molecule is COc1ccc(-c2cc3n(n2)C[C@@](C)(C(=O)NC2CCCCC2)N(C[C@@H]2CCCO2)C3=O)cc1. The molecule has 1 aliphatic carbocycles. The third-order valence-corrected chi connectivity index (χ3v) is 7.52. The van der Waals surface area contributed by atoms with Crippen LogP contribution in [-0.4, -0.2) is 64.4 Å². The van der Waals surface area contributed by atoms with E-state index in [4.69, 9.17) is 14.6 Å². The van der Waals surface area contributed by atoms with Gasteiger partial charge in [0.1, 0.15) is 17.0 Å². The Morgan fingerprint density at radius 2 is 1.94 bits per heavy atom. The second-order valence-corrected chi connectivity index (χ2v) is 9.93. The number of methoxy groups -OCH3 is 1. The molecule has 182 valence electrons. The molecule has 0 spiro atoms. The van der Waals surface area contributed by atoms with Gasteiger partial charge in [0.25, 0.3) is 5.91 Å². The molecule has 2 amide bonds. The highest BCUT2D eigenvalue weighted by Crippen LogP contribution is 2.32. The Kier molecular flexibility index (Phi) is 6.34. The molecule has 2 atom stereocenters. The fourth-order valence-electron chi connectivity index (χ4n) is 5.41. The lowest BCUT2D eigenvalue weighted by molar-refractivity contribution is -0.134. The molecule has 1 saturated carbocycles. The molecule has 8 heteroatoms. The summed E-state index contributed by atoms with van der Waals surface area (Å²) in [5.74, 6) is 0.492. The number of hydrogen-bond donors (Lipinski definition) is 1. The van der Waals surface area contributed by atoms with E-state index >= 15 is 0 Å². The van der Waals surface area contributed by atoms with E-state index in [-0.39, 0.29) is 24.0 Å². The molecule has 0 unspecified atom stereocenters. The third kappa shape index (κ3) is 4.31. The first-order valence-corrected chi connectivity index (χ1v) is 12.4. The monoisotopic (exact) mass is 466 g/mol. The number of fused-ring (bicyclic) bond motifs is 1. The van der Waals surface area contributed by atoms with Gasteiger partial charge < -0.3 is 19.7 Å².